The zero-order valence-corrected chi connectivity index (χ0v) is 10.2. The molecule has 0 saturated heterocycles. The number of rotatable bonds is 2. The molecule has 0 aliphatic heterocycles. The molecule has 1 aromatic rings. The molecule has 0 radical (unpaired) electrons. The van der Waals surface area contributed by atoms with Crippen LogP contribution in [-0.2, 0) is 4.74 Å². The fourth-order valence-corrected chi connectivity index (χ4v) is 2.21. The van der Waals surface area contributed by atoms with Crippen molar-refractivity contribution >= 4 is 11.7 Å². The number of hydrogen-bond donors (Lipinski definition) is 1. The van der Waals surface area contributed by atoms with Crippen molar-refractivity contribution in [3.05, 3.63) is 29.3 Å². The molecule has 0 atom stereocenters. The van der Waals surface area contributed by atoms with Gasteiger partial charge in [0.1, 0.15) is 6.10 Å². The molecule has 0 bridgehead atoms. The highest BCUT2D eigenvalue weighted by Gasteiger charge is 2.18. The number of carbonyl (C=O) groups is 1. The van der Waals surface area contributed by atoms with Crippen LogP contribution in [0.1, 0.15) is 48.0 Å². The molecule has 92 valence electrons. The molecule has 0 amide bonds. The van der Waals surface area contributed by atoms with Gasteiger partial charge in [0.05, 0.1) is 5.56 Å². The minimum atomic E-state index is -0.222. The Morgan fingerprint density at radius 3 is 2.65 bits per heavy atom. The molecule has 17 heavy (non-hydrogen) atoms. The van der Waals surface area contributed by atoms with E-state index in [1.54, 1.807) is 18.2 Å². The number of nitrogen functional groups attached to an aromatic ring is 1. The molecule has 0 aromatic heterocycles. The summed E-state index contributed by atoms with van der Waals surface area (Å²) in [6.45, 7) is 1.90. The van der Waals surface area contributed by atoms with E-state index >= 15 is 0 Å². The molecular weight excluding hydrogens is 214 g/mol. The van der Waals surface area contributed by atoms with Gasteiger partial charge in [-0.2, -0.15) is 0 Å². The summed E-state index contributed by atoms with van der Waals surface area (Å²) < 4.78 is 5.49. The largest absolute Gasteiger partial charge is 0.459 e. The maximum atomic E-state index is 11.9. The van der Waals surface area contributed by atoms with Crippen LogP contribution in [0.25, 0.3) is 0 Å². The molecule has 0 heterocycles. The van der Waals surface area contributed by atoms with Gasteiger partial charge in [-0.25, -0.2) is 4.79 Å². The first-order chi connectivity index (χ1) is 8.16. The van der Waals surface area contributed by atoms with Crippen molar-refractivity contribution in [2.75, 3.05) is 5.73 Å². The van der Waals surface area contributed by atoms with Gasteiger partial charge in [0.25, 0.3) is 0 Å². The summed E-state index contributed by atoms with van der Waals surface area (Å²) in [5, 5.41) is 0. The van der Waals surface area contributed by atoms with Crippen LogP contribution in [0.5, 0.6) is 0 Å². The number of esters is 1. The lowest BCUT2D eigenvalue weighted by Crippen LogP contribution is -2.21. The van der Waals surface area contributed by atoms with E-state index in [0.29, 0.717) is 11.3 Å². The third-order valence-corrected chi connectivity index (χ3v) is 3.33. The second kappa shape index (κ2) is 5.21. The summed E-state index contributed by atoms with van der Waals surface area (Å²) in [5.74, 6) is -0.222. The normalized spacial score (nSPS) is 16.8. The van der Waals surface area contributed by atoms with E-state index in [0.717, 1.165) is 18.4 Å². The van der Waals surface area contributed by atoms with Crippen LogP contribution in [0.4, 0.5) is 5.69 Å². The number of hydrogen-bond acceptors (Lipinski definition) is 3. The quantitative estimate of drug-likeness (QED) is 0.631. The lowest BCUT2D eigenvalue weighted by molar-refractivity contribution is 0.0211. The maximum Gasteiger partial charge on any atom is 0.338 e. The summed E-state index contributed by atoms with van der Waals surface area (Å²) in [5.41, 5.74) is 7.95. The van der Waals surface area contributed by atoms with Crippen LogP contribution < -0.4 is 5.73 Å². The van der Waals surface area contributed by atoms with Gasteiger partial charge in [0.15, 0.2) is 0 Å². The molecule has 2 rings (SSSR count). The van der Waals surface area contributed by atoms with Crippen LogP contribution in [0.3, 0.4) is 0 Å². The van der Waals surface area contributed by atoms with Crippen molar-refractivity contribution in [1.29, 1.82) is 0 Å². The third-order valence-electron chi connectivity index (χ3n) is 3.33. The Morgan fingerprint density at radius 1 is 1.29 bits per heavy atom. The van der Waals surface area contributed by atoms with Crippen molar-refractivity contribution in [1.82, 2.24) is 0 Å². The van der Waals surface area contributed by atoms with Crippen LogP contribution in [0.15, 0.2) is 18.2 Å². The molecule has 3 heteroatoms. The van der Waals surface area contributed by atoms with Crippen molar-refractivity contribution in [3.8, 4) is 0 Å². The fourth-order valence-electron chi connectivity index (χ4n) is 2.21. The topological polar surface area (TPSA) is 52.3 Å². The highest BCUT2D eigenvalue weighted by atomic mass is 16.5. The smallest absolute Gasteiger partial charge is 0.338 e. The Kier molecular flexibility index (Phi) is 3.67. The number of ether oxygens (including phenoxy) is 1. The van der Waals surface area contributed by atoms with Gasteiger partial charge in [-0.3, -0.25) is 0 Å². The van der Waals surface area contributed by atoms with Gasteiger partial charge in [-0.05, 0) is 56.4 Å². The highest BCUT2D eigenvalue weighted by molar-refractivity contribution is 5.90. The van der Waals surface area contributed by atoms with Crippen molar-refractivity contribution < 1.29 is 9.53 Å². The van der Waals surface area contributed by atoms with Crippen molar-refractivity contribution in [2.24, 2.45) is 0 Å². The summed E-state index contributed by atoms with van der Waals surface area (Å²) in [7, 11) is 0. The molecule has 0 unspecified atom stereocenters. The highest BCUT2D eigenvalue weighted by Crippen LogP contribution is 2.22. The second-order valence-corrected chi connectivity index (χ2v) is 4.74. The minimum absolute atomic E-state index is 0.106. The van der Waals surface area contributed by atoms with Gasteiger partial charge in [-0.15, -0.1) is 0 Å². The number of benzene rings is 1. The molecule has 3 nitrogen and oxygen atoms in total. The Bertz CT molecular complexity index is 409. The molecule has 1 aliphatic carbocycles. The standard InChI is InChI=1S/C14H19NO2/c1-10-9-11(7-8-13(10)15)14(16)17-12-5-3-2-4-6-12/h7-9,12H,2-6,15H2,1H3. The molecule has 1 fully saturated rings. The lowest BCUT2D eigenvalue weighted by Gasteiger charge is -2.21. The molecule has 1 aliphatic rings. The molecule has 0 spiro atoms. The van der Waals surface area contributed by atoms with E-state index in [9.17, 15) is 4.79 Å². The SMILES string of the molecule is Cc1cc(C(=O)OC2CCCCC2)ccc1N. The van der Waals surface area contributed by atoms with Gasteiger partial charge >= 0.3 is 5.97 Å². The first-order valence-electron chi connectivity index (χ1n) is 6.24. The molecular formula is C14H19NO2. The van der Waals surface area contributed by atoms with Crippen LogP contribution >= 0.6 is 0 Å². The van der Waals surface area contributed by atoms with Crippen LogP contribution in [0.2, 0.25) is 0 Å². The van der Waals surface area contributed by atoms with Gasteiger partial charge < -0.3 is 10.5 Å². The number of carbonyl (C=O) groups excluding carboxylic acids is 1. The number of nitrogens with two attached hydrogens (primary N) is 1. The Balaban J connectivity index is 2.01. The Labute approximate surface area is 102 Å². The van der Waals surface area contributed by atoms with Crippen LogP contribution in [0, 0.1) is 6.92 Å². The average molecular weight is 233 g/mol. The van der Waals surface area contributed by atoms with Gasteiger partial charge in [0.2, 0.25) is 0 Å². The maximum absolute atomic E-state index is 11.9. The lowest BCUT2D eigenvalue weighted by atomic mass is 9.98. The van der Waals surface area contributed by atoms with E-state index in [2.05, 4.69) is 0 Å². The zero-order valence-electron chi connectivity index (χ0n) is 10.2. The zero-order chi connectivity index (χ0) is 12.3. The summed E-state index contributed by atoms with van der Waals surface area (Å²) >= 11 is 0. The van der Waals surface area contributed by atoms with E-state index in [4.69, 9.17) is 10.5 Å². The summed E-state index contributed by atoms with van der Waals surface area (Å²) in [6, 6.07) is 5.28. The first-order valence-corrected chi connectivity index (χ1v) is 6.24. The second-order valence-electron chi connectivity index (χ2n) is 4.74. The van der Waals surface area contributed by atoms with Gasteiger partial charge in [0, 0.05) is 5.69 Å². The predicted octanol–water partition coefficient (Wildman–Crippen LogP) is 3.07. The van der Waals surface area contributed by atoms with E-state index in [1.165, 1.54) is 19.3 Å². The molecule has 1 saturated carbocycles. The van der Waals surface area contributed by atoms with Crippen molar-refractivity contribution in [3.63, 3.8) is 0 Å². The van der Waals surface area contributed by atoms with E-state index in [-0.39, 0.29) is 12.1 Å². The third kappa shape index (κ3) is 2.99. The van der Waals surface area contributed by atoms with E-state index < -0.39 is 0 Å². The Hall–Kier alpha value is -1.51. The van der Waals surface area contributed by atoms with Crippen LogP contribution in [-0.4, -0.2) is 12.1 Å². The van der Waals surface area contributed by atoms with E-state index in [1.807, 2.05) is 6.92 Å². The average Bonchev–Trinajstić information content (AvgIpc) is 2.34. The van der Waals surface area contributed by atoms with Gasteiger partial charge in [-0.1, -0.05) is 6.42 Å². The fraction of sp³-hybridized carbons (Fsp3) is 0.500. The summed E-state index contributed by atoms with van der Waals surface area (Å²) in [4.78, 5) is 11.9. The number of anilines is 1. The molecule has 2 N–H and O–H groups in total. The predicted molar refractivity (Wildman–Crippen MR) is 67.9 cm³/mol. The Morgan fingerprint density at radius 2 is 2.00 bits per heavy atom. The monoisotopic (exact) mass is 233 g/mol. The summed E-state index contributed by atoms with van der Waals surface area (Å²) in [6.07, 6.45) is 5.69. The number of aryl methyl sites for hydroxylation is 1. The first kappa shape index (κ1) is 12.0. The molecule has 1 aromatic carbocycles. The van der Waals surface area contributed by atoms with Crippen molar-refractivity contribution in [2.45, 2.75) is 45.1 Å². The minimum Gasteiger partial charge on any atom is -0.459 e.